The smallest absolute Gasteiger partial charge is 0.333 e. The second kappa shape index (κ2) is 5.62. The van der Waals surface area contributed by atoms with E-state index in [9.17, 15) is 14.7 Å². The molecule has 0 heterocycles. The standard InChI is InChI=1S/C14H15Cl2NO3/c1-14(13(19)20,17-12(18)4-8-2-3-8)9-5-10(15)7-11(16)6-9/h5-8H,2-4H2,1H3,(H,17,18)(H,19,20). The molecule has 0 aliphatic heterocycles. The van der Waals surface area contributed by atoms with Crippen LogP contribution in [0.3, 0.4) is 0 Å². The number of amides is 1. The zero-order valence-corrected chi connectivity index (χ0v) is 12.5. The number of carbonyl (C=O) groups is 2. The van der Waals surface area contributed by atoms with Crippen LogP contribution in [0.5, 0.6) is 0 Å². The van der Waals surface area contributed by atoms with Gasteiger partial charge in [0.25, 0.3) is 0 Å². The number of halogens is 2. The highest BCUT2D eigenvalue weighted by molar-refractivity contribution is 6.34. The summed E-state index contributed by atoms with van der Waals surface area (Å²) in [4.78, 5) is 23.5. The van der Waals surface area contributed by atoms with Crippen LogP contribution >= 0.6 is 23.2 Å². The van der Waals surface area contributed by atoms with E-state index in [-0.39, 0.29) is 5.91 Å². The second-order valence-corrected chi connectivity index (χ2v) is 6.16. The molecule has 2 rings (SSSR count). The summed E-state index contributed by atoms with van der Waals surface area (Å²) in [5.41, 5.74) is -1.19. The third-order valence-electron chi connectivity index (χ3n) is 3.43. The maximum Gasteiger partial charge on any atom is 0.333 e. The summed E-state index contributed by atoms with van der Waals surface area (Å²) in [6.07, 6.45) is 2.41. The average molecular weight is 316 g/mol. The molecular weight excluding hydrogens is 301 g/mol. The van der Waals surface area contributed by atoms with Crippen molar-refractivity contribution in [2.45, 2.75) is 31.7 Å². The lowest BCUT2D eigenvalue weighted by Gasteiger charge is -2.27. The van der Waals surface area contributed by atoms with Crippen LogP contribution in [-0.2, 0) is 15.1 Å². The van der Waals surface area contributed by atoms with Gasteiger partial charge < -0.3 is 10.4 Å². The van der Waals surface area contributed by atoms with E-state index in [1.807, 2.05) is 0 Å². The molecule has 0 bridgehead atoms. The molecule has 1 aromatic carbocycles. The minimum Gasteiger partial charge on any atom is -0.479 e. The van der Waals surface area contributed by atoms with Crippen molar-refractivity contribution in [1.29, 1.82) is 0 Å². The van der Waals surface area contributed by atoms with Crippen molar-refractivity contribution in [3.05, 3.63) is 33.8 Å². The van der Waals surface area contributed by atoms with Gasteiger partial charge in [-0.2, -0.15) is 0 Å². The van der Waals surface area contributed by atoms with Crippen LogP contribution < -0.4 is 5.32 Å². The molecule has 1 amide bonds. The minimum atomic E-state index is -1.54. The normalized spacial score (nSPS) is 17.4. The molecule has 1 aliphatic carbocycles. The summed E-state index contributed by atoms with van der Waals surface area (Å²) >= 11 is 11.8. The summed E-state index contributed by atoms with van der Waals surface area (Å²) < 4.78 is 0. The largest absolute Gasteiger partial charge is 0.479 e. The highest BCUT2D eigenvalue weighted by Crippen LogP contribution is 2.33. The van der Waals surface area contributed by atoms with Crippen LogP contribution in [0.25, 0.3) is 0 Å². The average Bonchev–Trinajstić information content (AvgIpc) is 3.10. The molecular formula is C14H15Cl2NO3. The van der Waals surface area contributed by atoms with E-state index in [4.69, 9.17) is 23.2 Å². The van der Waals surface area contributed by atoms with E-state index in [2.05, 4.69) is 5.32 Å². The van der Waals surface area contributed by atoms with Crippen molar-refractivity contribution in [1.82, 2.24) is 5.32 Å². The van der Waals surface area contributed by atoms with Gasteiger partial charge in [-0.1, -0.05) is 23.2 Å². The van der Waals surface area contributed by atoms with Crippen molar-refractivity contribution < 1.29 is 14.7 Å². The molecule has 0 saturated heterocycles. The van der Waals surface area contributed by atoms with Crippen molar-refractivity contribution in [3.8, 4) is 0 Å². The number of nitrogens with one attached hydrogen (secondary N) is 1. The molecule has 2 N–H and O–H groups in total. The Kier molecular flexibility index (Phi) is 4.25. The summed E-state index contributed by atoms with van der Waals surface area (Å²) in [7, 11) is 0. The van der Waals surface area contributed by atoms with Crippen LogP contribution in [-0.4, -0.2) is 17.0 Å². The Labute approximate surface area is 127 Å². The van der Waals surface area contributed by atoms with Gasteiger partial charge in [-0.3, -0.25) is 4.79 Å². The highest BCUT2D eigenvalue weighted by Gasteiger charge is 2.38. The maximum absolute atomic E-state index is 11.9. The monoisotopic (exact) mass is 315 g/mol. The van der Waals surface area contributed by atoms with E-state index in [1.165, 1.54) is 25.1 Å². The maximum atomic E-state index is 11.9. The van der Waals surface area contributed by atoms with Gasteiger partial charge in [0.2, 0.25) is 5.91 Å². The van der Waals surface area contributed by atoms with Crippen LogP contribution in [0.1, 0.15) is 31.7 Å². The van der Waals surface area contributed by atoms with Gasteiger partial charge >= 0.3 is 5.97 Å². The Hall–Kier alpha value is -1.26. The minimum absolute atomic E-state index is 0.270. The lowest BCUT2D eigenvalue weighted by Crippen LogP contribution is -2.49. The van der Waals surface area contributed by atoms with Gasteiger partial charge in [-0.15, -0.1) is 0 Å². The Morgan fingerprint density at radius 3 is 2.30 bits per heavy atom. The number of hydrogen-bond donors (Lipinski definition) is 2. The lowest BCUT2D eigenvalue weighted by atomic mass is 9.91. The van der Waals surface area contributed by atoms with Crippen LogP contribution in [0, 0.1) is 5.92 Å². The first-order chi connectivity index (χ1) is 9.31. The quantitative estimate of drug-likeness (QED) is 0.876. The zero-order valence-electron chi connectivity index (χ0n) is 11.0. The fraction of sp³-hybridized carbons (Fsp3) is 0.429. The first kappa shape index (κ1) is 15.1. The Morgan fingerprint density at radius 2 is 1.85 bits per heavy atom. The van der Waals surface area contributed by atoms with Gasteiger partial charge in [-0.05, 0) is 49.4 Å². The molecule has 6 heteroatoms. The number of carbonyl (C=O) groups excluding carboxylic acids is 1. The molecule has 1 unspecified atom stereocenters. The van der Waals surface area contributed by atoms with Crippen LogP contribution in [0.2, 0.25) is 10.0 Å². The number of rotatable bonds is 5. The molecule has 1 fully saturated rings. The third kappa shape index (κ3) is 3.44. The summed E-state index contributed by atoms with van der Waals surface area (Å²) in [6, 6.07) is 4.51. The summed E-state index contributed by atoms with van der Waals surface area (Å²) in [6.45, 7) is 1.43. The SMILES string of the molecule is CC(NC(=O)CC1CC1)(C(=O)O)c1cc(Cl)cc(Cl)c1. The van der Waals surface area contributed by atoms with Crippen LogP contribution in [0.15, 0.2) is 18.2 Å². The van der Waals surface area contributed by atoms with E-state index < -0.39 is 11.5 Å². The second-order valence-electron chi connectivity index (χ2n) is 5.28. The number of aliphatic carboxylic acids is 1. The van der Waals surface area contributed by atoms with Gasteiger partial charge in [0, 0.05) is 16.5 Å². The molecule has 1 aliphatic rings. The van der Waals surface area contributed by atoms with E-state index in [1.54, 1.807) is 0 Å². The van der Waals surface area contributed by atoms with Crippen molar-refractivity contribution in [2.75, 3.05) is 0 Å². The number of carboxylic acid groups (broad SMARTS) is 1. The predicted molar refractivity (Wildman–Crippen MR) is 76.9 cm³/mol. The third-order valence-corrected chi connectivity index (χ3v) is 3.86. The molecule has 0 aromatic heterocycles. The number of carboxylic acids is 1. The van der Waals surface area contributed by atoms with Gasteiger partial charge in [0.05, 0.1) is 0 Å². The summed E-state index contributed by atoms with van der Waals surface area (Å²) in [5, 5.41) is 12.7. The molecule has 1 atom stereocenters. The Balaban J connectivity index is 2.27. The highest BCUT2D eigenvalue weighted by atomic mass is 35.5. The summed E-state index contributed by atoms with van der Waals surface area (Å²) in [5.74, 6) is -1.04. The van der Waals surface area contributed by atoms with Gasteiger partial charge in [-0.25, -0.2) is 4.79 Å². The van der Waals surface area contributed by atoms with Crippen molar-refractivity contribution >= 4 is 35.1 Å². The lowest BCUT2D eigenvalue weighted by molar-refractivity contribution is -0.147. The molecule has 4 nitrogen and oxygen atoms in total. The van der Waals surface area contributed by atoms with Gasteiger partial charge in [0.1, 0.15) is 0 Å². The zero-order chi connectivity index (χ0) is 14.9. The Morgan fingerprint density at radius 1 is 1.30 bits per heavy atom. The molecule has 1 aromatic rings. The molecule has 1 saturated carbocycles. The van der Waals surface area contributed by atoms with E-state index in [0.29, 0.717) is 27.9 Å². The molecule has 108 valence electrons. The van der Waals surface area contributed by atoms with Gasteiger partial charge in [0.15, 0.2) is 5.54 Å². The van der Waals surface area contributed by atoms with E-state index >= 15 is 0 Å². The molecule has 20 heavy (non-hydrogen) atoms. The topological polar surface area (TPSA) is 66.4 Å². The molecule has 0 spiro atoms. The first-order valence-corrected chi connectivity index (χ1v) is 7.08. The Bertz CT molecular complexity index is 537. The first-order valence-electron chi connectivity index (χ1n) is 6.32. The fourth-order valence-corrected chi connectivity index (χ4v) is 2.53. The molecule has 0 radical (unpaired) electrons. The van der Waals surface area contributed by atoms with Crippen LogP contribution in [0.4, 0.5) is 0 Å². The predicted octanol–water partition coefficient (Wildman–Crippen LogP) is 3.21. The van der Waals surface area contributed by atoms with E-state index in [0.717, 1.165) is 12.8 Å². The van der Waals surface area contributed by atoms with Crippen molar-refractivity contribution in [2.24, 2.45) is 5.92 Å². The number of benzene rings is 1. The fourth-order valence-electron chi connectivity index (χ4n) is 2.01. The van der Waals surface area contributed by atoms with Crippen molar-refractivity contribution in [3.63, 3.8) is 0 Å². The number of hydrogen-bond acceptors (Lipinski definition) is 2.